The largest absolute Gasteiger partial charge is 0.497 e. The lowest BCUT2D eigenvalue weighted by molar-refractivity contribution is 0.415. The van der Waals surface area contributed by atoms with Crippen molar-refractivity contribution in [2.24, 2.45) is 15.2 Å². The Kier molecular flexibility index (Phi) is 6.13. The number of rotatable bonds is 5. The zero-order valence-corrected chi connectivity index (χ0v) is 14.6. The molecule has 4 heteroatoms. The zero-order valence-electron chi connectivity index (χ0n) is 14.6. The van der Waals surface area contributed by atoms with E-state index < -0.39 is 0 Å². The molecule has 0 radical (unpaired) electrons. The molecule has 128 valence electrons. The number of methoxy groups -OCH3 is 1. The van der Waals surface area contributed by atoms with E-state index in [0.29, 0.717) is 11.7 Å². The SMILES string of the molecule is COc1ccc(N=NC(=C=NC2CCCCC2)c2ccccc2)cc1. The summed E-state index contributed by atoms with van der Waals surface area (Å²) in [5, 5.41) is 8.73. The molecule has 1 aliphatic rings. The van der Waals surface area contributed by atoms with E-state index in [9.17, 15) is 0 Å². The van der Waals surface area contributed by atoms with Gasteiger partial charge in [0.05, 0.1) is 18.8 Å². The van der Waals surface area contributed by atoms with E-state index in [2.05, 4.69) is 21.1 Å². The van der Waals surface area contributed by atoms with Gasteiger partial charge in [-0.15, -0.1) is 10.2 Å². The van der Waals surface area contributed by atoms with E-state index in [1.54, 1.807) is 7.11 Å². The molecule has 0 bridgehead atoms. The van der Waals surface area contributed by atoms with Crippen LogP contribution < -0.4 is 4.74 Å². The van der Waals surface area contributed by atoms with Crippen molar-refractivity contribution in [3.8, 4) is 5.75 Å². The second-order valence-corrected chi connectivity index (χ2v) is 6.15. The lowest BCUT2D eigenvalue weighted by Crippen LogP contribution is -2.08. The second-order valence-electron chi connectivity index (χ2n) is 6.15. The van der Waals surface area contributed by atoms with E-state index in [0.717, 1.165) is 29.8 Å². The Bertz CT molecular complexity index is 753. The minimum Gasteiger partial charge on any atom is -0.497 e. The van der Waals surface area contributed by atoms with Crippen LogP contribution in [0.15, 0.2) is 69.8 Å². The van der Waals surface area contributed by atoms with Crippen molar-refractivity contribution in [2.75, 3.05) is 7.11 Å². The molecule has 1 saturated carbocycles. The molecule has 0 N–H and O–H groups in total. The average Bonchev–Trinajstić information content (AvgIpc) is 2.70. The Morgan fingerprint density at radius 2 is 1.68 bits per heavy atom. The van der Waals surface area contributed by atoms with Crippen molar-refractivity contribution < 1.29 is 4.74 Å². The standard InChI is InChI=1S/C21H23N3O/c1-25-20-14-12-19(13-15-20)23-24-21(17-8-4-2-5-9-17)16-22-18-10-6-3-7-11-18/h2,4-5,8-9,12-15,18H,3,6-7,10-11H2,1H3. The zero-order chi connectivity index (χ0) is 17.3. The molecule has 0 heterocycles. The van der Waals surface area contributed by atoms with E-state index in [-0.39, 0.29) is 0 Å². The topological polar surface area (TPSA) is 46.3 Å². The molecule has 1 fully saturated rings. The van der Waals surface area contributed by atoms with Gasteiger partial charge in [0.2, 0.25) is 0 Å². The van der Waals surface area contributed by atoms with Crippen LogP contribution in [0.2, 0.25) is 0 Å². The van der Waals surface area contributed by atoms with Gasteiger partial charge >= 0.3 is 0 Å². The fourth-order valence-electron chi connectivity index (χ4n) is 2.86. The average molecular weight is 333 g/mol. The normalized spacial score (nSPS) is 14.9. The summed E-state index contributed by atoms with van der Waals surface area (Å²) in [6, 6.07) is 17.8. The minimum absolute atomic E-state index is 0.364. The number of ether oxygens (including phenoxy) is 1. The first kappa shape index (κ1) is 17.1. The Morgan fingerprint density at radius 1 is 0.960 bits per heavy atom. The van der Waals surface area contributed by atoms with Gasteiger partial charge in [-0.05, 0) is 37.1 Å². The van der Waals surface area contributed by atoms with Crippen LogP contribution in [0.25, 0.3) is 5.70 Å². The first-order valence-electron chi connectivity index (χ1n) is 8.79. The van der Waals surface area contributed by atoms with Gasteiger partial charge in [-0.2, -0.15) is 0 Å². The van der Waals surface area contributed by atoms with Crippen LogP contribution in [0.4, 0.5) is 5.69 Å². The Morgan fingerprint density at radius 3 is 2.36 bits per heavy atom. The van der Waals surface area contributed by atoms with Crippen molar-refractivity contribution >= 4 is 17.3 Å². The Hall–Kier alpha value is -2.71. The third-order valence-electron chi connectivity index (χ3n) is 4.31. The fourth-order valence-corrected chi connectivity index (χ4v) is 2.86. The van der Waals surface area contributed by atoms with Gasteiger partial charge in [0.15, 0.2) is 5.70 Å². The summed E-state index contributed by atoms with van der Waals surface area (Å²) in [5.74, 6) is 3.96. The number of azo groups is 1. The maximum Gasteiger partial charge on any atom is 0.153 e. The van der Waals surface area contributed by atoms with Crippen LogP contribution in [-0.2, 0) is 0 Å². The first-order chi connectivity index (χ1) is 12.3. The van der Waals surface area contributed by atoms with Crippen LogP contribution >= 0.6 is 0 Å². The van der Waals surface area contributed by atoms with Crippen LogP contribution in [0.1, 0.15) is 37.7 Å². The van der Waals surface area contributed by atoms with E-state index in [1.165, 1.54) is 19.3 Å². The van der Waals surface area contributed by atoms with Gasteiger partial charge in [-0.3, -0.25) is 0 Å². The molecule has 2 aromatic rings. The smallest absolute Gasteiger partial charge is 0.153 e. The van der Waals surface area contributed by atoms with Gasteiger partial charge in [0, 0.05) is 11.4 Å². The molecule has 0 atom stereocenters. The van der Waals surface area contributed by atoms with Crippen LogP contribution in [0.3, 0.4) is 0 Å². The summed E-state index contributed by atoms with van der Waals surface area (Å²) < 4.78 is 5.16. The van der Waals surface area contributed by atoms with Crippen molar-refractivity contribution in [3.63, 3.8) is 0 Å². The minimum atomic E-state index is 0.364. The quantitative estimate of drug-likeness (QED) is 0.502. The van der Waals surface area contributed by atoms with Gasteiger partial charge in [-0.25, -0.2) is 4.99 Å². The van der Waals surface area contributed by atoms with E-state index in [1.807, 2.05) is 54.6 Å². The number of benzene rings is 2. The third kappa shape index (κ3) is 5.13. The summed E-state index contributed by atoms with van der Waals surface area (Å²) in [6.45, 7) is 0. The fraction of sp³-hybridized carbons (Fsp3) is 0.333. The highest BCUT2D eigenvalue weighted by atomic mass is 16.5. The number of aliphatic imine (C=N–C) groups is 1. The van der Waals surface area contributed by atoms with Gasteiger partial charge in [0.1, 0.15) is 5.75 Å². The molecule has 0 saturated heterocycles. The van der Waals surface area contributed by atoms with Crippen LogP contribution in [0.5, 0.6) is 5.75 Å². The molecule has 4 nitrogen and oxygen atoms in total. The van der Waals surface area contributed by atoms with Crippen molar-refractivity contribution in [1.82, 2.24) is 0 Å². The predicted molar refractivity (Wildman–Crippen MR) is 102 cm³/mol. The van der Waals surface area contributed by atoms with Gasteiger partial charge in [-0.1, -0.05) is 49.6 Å². The van der Waals surface area contributed by atoms with Crippen molar-refractivity contribution in [3.05, 3.63) is 60.2 Å². The van der Waals surface area contributed by atoms with Gasteiger partial charge < -0.3 is 4.74 Å². The Balaban J connectivity index is 1.85. The summed E-state index contributed by atoms with van der Waals surface area (Å²) >= 11 is 0. The maximum atomic E-state index is 5.16. The van der Waals surface area contributed by atoms with E-state index >= 15 is 0 Å². The molecule has 2 aromatic carbocycles. The molecule has 0 aromatic heterocycles. The summed E-state index contributed by atoms with van der Waals surface area (Å²) in [7, 11) is 1.65. The van der Waals surface area contributed by atoms with E-state index in [4.69, 9.17) is 4.74 Å². The highest BCUT2D eigenvalue weighted by molar-refractivity contribution is 5.89. The van der Waals surface area contributed by atoms with Gasteiger partial charge in [0.25, 0.3) is 0 Å². The van der Waals surface area contributed by atoms with Crippen LogP contribution in [-0.4, -0.2) is 19.0 Å². The number of hydrogen-bond acceptors (Lipinski definition) is 4. The maximum absolute atomic E-state index is 5.16. The lowest BCUT2D eigenvalue weighted by atomic mass is 9.96. The number of hydrogen-bond donors (Lipinski definition) is 0. The number of nitrogens with zero attached hydrogens (tertiary/aromatic N) is 3. The molecule has 0 unspecified atom stereocenters. The summed E-state index contributed by atoms with van der Waals surface area (Å²) in [4.78, 5) is 4.64. The predicted octanol–water partition coefficient (Wildman–Crippen LogP) is 5.82. The summed E-state index contributed by atoms with van der Waals surface area (Å²) in [6.07, 6.45) is 6.11. The van der Waals surface area contributed by atoms with Crippen LogP contribution in [0, 0.1) is 0 Å². The lowest BCUT2D eigenvalue weighted by Gasteiger charge is -2.15. The molecule has 1 aliphatic carbocycles. The third-order valence-corrected chi connectivity index (χ3v) is 4.31. The van der Waals surface area contributed by atoms with Crippen molar-refractivity contribution in [2.45, 2.75) is 38.1 Å². The molecule has 0 spiro atoms. The highest BCUT2D eigenvalue weighted by Crippen LogP contribution is 2.22. The second kappa shape index (κ2) is 8.95. The molecule has 0 aliphatic heterocycles. The molecule has 0 amide bonds. The summed E-state index contributed by atoms with van der Waals surface area (Å²) in [5.41, 5.74) is 2.41. The molecular weight excluding hydrogens is 310 g/mol. The Labute approximate surface area is 149 Å². The first-order valence-corrected chi connectivity index (χ1v) is 8.79. The van der Waals surface area contributed by atoms with Crippen molar-refractivity contribution in [1.29, 1.82) is 0 Å². The monoisotopic (exact) mass is 333 g/mol. The molecule has 3 rings (SSSR count). The highest BCUT2D eigenvalue weighted by Gasteiger charge is 2.11. The molecular formula is C21H23N3O. The molecule has 25 heavy (non-hydrogen) atoms.